The smallest absolute Gasteiger partial charge is 0.269 e. The van der Waals surface area contributed by atoms with Gasteiger partial charge in [0.05, 0.1) is 16.6 Å². The van der Waals surface area contributed by atoms with E-state index in [4.69, 9.17) is 0 Å². The number of piperazine rings is 1. The summed E-state index contributed by atoms with van der Waals surface area (Å²) in [6.45, 7) is 3.95. The van der Waals surface area contributed by atoms with E-state index in [1.54, 1.807) is 18.2 Å². The van der Waals surface area contributed by atoms with Crippen LogP contribution >= 0.6 is 0 Å². The van der Waals surface area contributed by atoms with Gasteiger partial charge < -0.3 is 15.2 Å². The lowest BCUT2D eigenvalue weighted by molar-refractivity contribution is 0.0957. The van der Waals surface area contributed by atoms with Crippen LogP contribution in [0.2, 0.25) is 0 Å². The van der Waals surface area contributed by atoms with Crippen molar-refractivity contribution in [2.24, 2.45) is 5.92 Å². The van der Waals surface area contributed by atoms with Gasteiger partial charge in [-0.3, -0.25) is 14.5 Å². The molecule has 1 aromatic carbocycles. The highest BCUT2D eigenvalue weighted by molar-refractivity contribution is 5.92. The van der Waals surface area contributed by atoms with Crippen LogP contribution in [0.15, 0.2) is 35.1 Å². The number of pyridine rings is 1. The second-order valence-electron chi connectivity index (χ2n) is 9.02. The highest BCUT2D eigenvalue weighted by atomic mass is 19.1. The molecular weight excluding hydrogens is 442 g/mol. The molecule has 3 aromatic rings. The molecule has 2 fully saturated rings. The molecule has 0 spiro atoms. The van der Waals surface area contributed by atoms with Crippen LogP contribution in [0.25, 0.3) is 10.9 Å². The molecule has 0 bridgehead atoms. The van der Waals surface area contributed by atoms with Gasteiger partial charge in [-0.25, -0.2) is 14.4 Å². The number of carbonyl (C=O) groups is 1. The summed E-state index contributed by atoms with van der Waals surface area (Å²) in [6.07, 6.45) is 1.88. The molecule has 5 rings (SSSR count). The van der Waals surface area contributed by atoms with Crippen LogP contribution < -0.4 is 15.8 Å². The summed E-state index contributed by atoms with van der Waals surface area (Å²) < 4.78 is 27.9. The number of fused-ring (bicyclic) bond motifs is 1. The van der Waals surface area contributed by atoms with E-state index < -0.39 is 17.7 Å². The summed E-state index contributed by atoms with van der Waals surface area (Å²) in [5.74, 6) is -0.102. The predicted octanol–water partition coefficient (Wildman–Crippen LogP) is 2.27. The lowest BCUT2D eigenvalue weighted by Crippen LogP contribution is -2.49. The minimum Gasteiger partial charge on any atom is -0.365 e. The van der Waals surface area contributed by atoms with Crippen LogP contribution in [-0.2, 0) is 0 Å². The van der Waals surface area contributed by atoms with E-state index in [9.17, 15) is 18.4 Å². The first-order valence-corrected chi connectivity index (χ1v) is 11.5. The normalized spacial score (nSPS) is 20.9. The molecule has 1 saturated carbocycles. The number of carbonyl (C=O) groups excluding carboxylic acids is 1. The molecule has 2 aliphatic rings. The van der Waals surface area contributed by atoms with Gasteiger partial charge in [0.15, 0.2) is 0 Å². The van der Waals surface area contributed by atoms with Crippen molar-refractivity contribution in [3.05, 3.63) is 64.0 Å². The molecule has 1 saturated heterocycles. The minimum absolute atomic E-state index is 0.0661. The molecule has 178 valence electrons. The molecule has 0 atom stereocenters. The van der Waals surface area contributed by atoms with Crippen molar-refractivity contribution in [2.45, 2.75) is 18.8 Å². The van der Waals surface area contributed by atoms with Crippen molar-refractivity contribution < 1.29 is 13.6 Å². The highest BCUT2D eigenvalue weighted by Crippen LogP contribution is 2.40. The van der Waals surface area contributed by atoms with Crippen molar-refractivity contribution in [3.63, 3.8) is 0 Å². The molecule has 34 heavy (non-hydrogen) atoms. The Labute approximate surface area is 195 Å². The largest absolute Gasteiger partial charge is 0.365 e. The zero-order chi connectivity index (χ0) is 23.8. The standard InChI is InChI=1S/C24H26F2N6O2/c1-27-24(34)19-4-5-20(21(26)28-19)32-8-6-31(7-9-32)13-14-10-15(11-14)22-29-18-3-2-16(25)12-17(18)23(33)30-22/h2-5,12,14-15H,6-11,13H2,1H3,(H,27,34)(H,29,30,33). The number of anilines is 1. The molecule has 1 aliphatic carbocycles. The Hall–Kier alpha value is -3.40. The zero-order valence-electron chi connectivity index (χ0n) is 18.9. The van der Waals surface area contributed by atoms with Crippen molar-refractivity contribution in [2.75, 3.05) is 44.7 Å². The maximum Gasteiger partial charge on any atom is 0.269 e. The van der Waals surface area contributed by atoms with Crippen molar-refractivity contribution in [3.8, 4) is 0 Å². The van der Waals surface area contributed by atoms with E-state index in [1.165, 1.54) is 19.2 Å². The molecule has 3 heterocycles. The number of nitrogens with zero attached hydrogens (tertiary/aromatic N) is 4. The van der Waals surface area contributed by atoms with Gasteiger partial charge in [0.1, 0.15) is 17.3 Å². The molecule has 1 amide bonds. The van der Waals surface area contributed by atoms with E-state index >= 15 is 0 Å². The summed E-state index contributed by atoms with van der Waals surface area (Å²) in [5.41, 5.74) is 0.701. The second-order valence-corrected chi connectivity index (χ2v) is 9.02. The van der Waals surface area contributed by atoms with Crippen LogP contribution in [0.3, 0.4) is 0 Å². The number of hydrogen-bond donors (Lipinski definition) is 2. The monoisotopic (exact) mass is 468 g/mol. The van der Waals surface area contributed by atoms with Gasteiger partial charge in [0.25, 0.3) is 11.5 Å². The van der Waals surface area contributed by atoms with Crippen molar-refractivity contribution in [1.29, 1.82) is 0 Å². The van der Waals surface area contributed by atoms with Crippen LogP contribution in [0.1, 0.15) is 35.1 Å². The topological polar surface area (TPSA) is 94.2 Å². The number of rotatable bonds is 5. The Morgan fingerprint density at radius 2 is 1.88 bits per heavy atom. The fourth-order valence-electron chi connectivity index (χ4n) is 4.88. The summed E-state index contributed by atoms with van der Waals surface area (Å²) in [7, 11) is 1.49. The Morgan fingerprint density at radius 1 is 1.12 bits per heavy atom. The maximum absolute atomic E-state index is 14.5. The van der Waals surface area contributed by atoms with Gasteiger partial charge in [-0.15, -0.1) is 0 Å². The lowest BCUT2D eigenvalue weighted by Gasteiger charge is -2.41. The SMILES string of the molecule is CNC(=O)c1ccc(N2CCN(CC3CC(c4nc5ccc(F)cc5c(=O)[nH]4)C3)CC2)c(F)n1. The maximum atomic E-state index is 14.5. The first-order valence-electron chi connectivity index (χ1n) is 11.5. The number of aromatic nitrogens is 3. The van der Waals surface area contributed by atoms with Crippen molar-refractivity contribution in [1.82, 2.24) is 25.2 Å². The first kappa shape index (κ1) is 22.4. The second kappa shape index (κ2) is 9.09. The van der Waals surface area contributed by atoms with Gasteiger partial charge in [-0.05, 0) is 49.1 Å². The van der Waals surface area contributed by atoms with E-state index in [1.807, 2.05) is 4.90 Å². The van der Waals surface area contributed by atoms with Gasteiger partial charge in [0, 0.05) is 45.7 Å². The fraction of sp³-hybridized carbons (Fsp3) is 0.417. The van der Waals surface area contributed by atoms with Gasteiger partial charge in [-0.2, -0.15) is 4.39 Å². The van der Waals surface area contributed by atoms with E-state index in [2.05, 4.69) is 25.2 Å². The molecule has 0 radical (unpaired) electrons. The van der Waals surface area contributed by atoms with Gasteiger partial charge in [0.2, 0.25) is 5.95 Å². The van der Waals surface area contributed by atoms with Crippen LogP contribution in [0.5, 0.6) is 0 Å². The van der Waals surface area contributed by atoms with Gasteiger partial charge in [-0.1, -0.05) is 0 Å². The molecule has 1 aliphatic heterocycles. The number of benzene rings is 1. The summed E-state index contributed by atoms with van der Waals surface area (Å²) in [6, 6.07) is 7.24. The summed E-state index contributed by atoms with van der Waals surface area (Å²) >= 11 is 0. The Bertz CT molecular complexity index is 1280. The fourth-order valence-corrected chi connectivity index (χ4v) is 4.88. The Kier molecular flexibility index (Phi) is 5.99. The van der Waals surface area contributed by atoms with Crippen LogP contribution in [-0.4, -0.2) is 65.5 Å². The number of aromatic amines is 1. The molecule has 10 heteroatoms. The Morgan fingerprint density at radius 3 is 2.59 bits per heavy atom. The zero-order valence-corrected chi connectivity index (χ0v) is 18.9. The number of hydrogen-bond acceptors (Lipinski definition) is 6. The third-order valence-corrected chi connectivity index (χ3v) is 6.83. The number of amides is 1. The predicted molar refractivity (Wildman–Crippen MR) is 124 cm³/mol. The van der Waals surface area contributed by atoms with E-state index in [0.29, 0.717) is 36.0 Å². The molecular formula is C24H26F2N6O2. The molecule has 2 aromatic heterocycles. The number of halogens is 2. The van der Waals surface area contributed by atoms with E-state index in [-0.39, 0.29) is 22.6 Å². The number of nitrogens with one attached hydrogen (secondary N) is 2. The first-order chi connectivity index (χ1) is 16.4. The average Bonchev–Trinajstić information content (AvgIpc) is 2.81. The van der Waals surface area contributed by atoms with Crippen molar-refractivity contribution >= 4 is 22.5 Å². The van der Waals surface area contributed by atoms with Crippen LogP contribution in [0, 0.1) is 17.7 Å². The molecule has 0 unspecified atom stereocenters. The lowest BCUT2D eigenvalue weighted by atomic mass is 9.74. The third kappa shape index (κ3) is 4.37. The molecule has 2 N–H and O–H groups in total. The third-order valence-electron chi connectivity index (χ3n) is 6.83. The minimum atomic E-state index is -0.629. The summed E-state index contributed by atoms with van der Waals surface area (Å²) in [5, 5.41) is 2.72. The van der Waals surface area contributed by atoms with Gasteiger partial charge >= 0.3 is 0 Å². The average molecular weight is 469 g/mol. The highest BCUT2D eigenvalue weighted by Gasteiger charge is 2.34. The number of H-pyrrole nitrogens is 1. The van der Waals surface area contributed by atoms with Crippen LogP contribution in [0.4, 0.5) is 14.5 Å². The summed E-state index contributed by atoms with van der Waals surface area (Å²) in [4.78, 5) is 39.4. The van der Waals surface area contributed by atoms with E-state index in [0.717, 1.165) is 32.5 Å². The Balaban J connectivity index is 1.14. The quantitative estimate of drug-likeness (QED) is 0.558. The molecule has 8 nitrogen and oxygen atoms in total.